The molecule has 148 valence electrons. The van der Waals surface area contributed by atoms with Gasteiger partial charge in [0.05, 0.1) is 11.1 Å². The van der Waals surface area contributed by atoms with Crippen molar-refractivity contribution >= 4 is 33.4 Å². The van der Waals surface area contributed by atoms with Crippen molar-refractivity contribution < 1.29 is 22.4 Å². The Kier molecular flexibility index (Phi) is 4.53. The molecule has 3 aromatic carbocycles. The molecule has 1 heterocycles. The fourth-order valence-corrected chi connectivity index (χ4v) is 3.66. The minimum atomic E-state index is -4.84. The van der Waals surface area contributed by atoms with Crippen molar-refractivity contribution in [1.29, 1.82) is 0 Å². The Labute approximate surface area is 163 Å². The molecule has 1 amide bonds. The second kappa shape index (κ2) is 6.92. The summed E-state index contributed by atoms with van der Waals surface area (Å²) in [7, 11) is 0. The standard InChI is InChI=1S/C22H16F4N2O/c1-2-28-18-9-4-3-6-14(18)15-12-13(10-11-19(15)28)27-21(29)20-16(22(24,25)26)7-5-8-17(20)23/h3-12H,2H2,1H3,(H,27,29). The van der Waals surface area contributed by atoms with Crippen molar-refractivity contribution in [3.05, 3.63) is 77.6 Å². The number of nitrogens with zero attached hydrogens (tertiary/aromatic N) is 1. The third-order valence-electron chi connectivity index (χ3n) is 4.89. The molecule has 3 nitrogen and oxygen atoms in total. The Morgan fingerprint density at radius 2 is 1.69 bits per heavy atom. The summed E-state index contributed by atoms with van der Waals surface area (Å²) in [6.07, 6.45) is -4.84. The van der Waals surface area contributed by atoms with E-state index in [2.05, 4.69) is 9.88 Å². The number of benzene rings is 3. The van der Waals surface area contributed by atoms with Gasteiger partial charge in [-0.15, -0.1) is 0 Å². The van der Waals surface area contributed by atoms with Crippen LogP contribution < -0.4 is 5.32 Å². The van der Waals surface area contributed by atoms with E-state index in [9.17, 15) is 22.4 Å². The molecule has 0 saturated carbocycles. The fourth-order valence-electron chi connectivity index (χ4n) is 3.66. The molecule has 0 bridgehead atoms. The Morgan fingerprint density at radius 1 is 0.966 bits per heavy atom. The summed E-state index contributed by atoms with van der Waals surface area (Å²) in [5.41, 5.74) is -0.0804. The molecule has 0 fully saturated rings. The van der Waals surface area contributed by atoms with Gasteiger partial charge in [0.2, 0.25) is 0 Å². The van der Waals surface area contributed by atoms with Crippen LogP contribution in [0.25, 0.3) is 21.8 Å². The summed E-state index contributed by atoms with van der Waals surface area (Å²) >= 11 is 0. The molecule has 29 heavy (non-hydrogen) atoms. The van der Waals surface area contributed by atoms with E-state index in [4.69, 9.17) is 0 Å². The van der Waals surface area contributed by atoms with Crippen molar-refractivity contribution in [2.45, 2.75) is 19.6 Å². The number of fused-ring (bicyclic) bond motifs is 3. The smallest absolute Gasteiger partial charge is 0.341 e. The highest BCUT2D eigenvalue weighted by molar-refractivity contribution is 6.11. The lowest BCUT2D eigenvalue weighted by molar-refractivity contribution is -0.138. The van der Waals surface area contributed by atoms with E-state index in [1.54, 1.807) is 18.2 Å². The molecule has 1 aromatic heterocycles. The number of carbonyl (C=O) groups is 1. The quantitative estimate of drug-likeness (QED) is 0.407. The predicted molar refractivity (Wildman–Crippen MR) is 104 cm³/mol. The van der Waals surface area contributed by atoms with Gasteiger partial charge in [-0.2, -0.15) is 13.2 Å². The van der Waals surface area contributed by atoms with Crippen LogP contribution in [0.15, 0.2) is 60.7 Å². The van der Waals surface area contributed by atoms with Gasteiger partial charge in [-0.05, 0) is 43.3 Å². The zero-order chi connectivity index (χ0) is 20.8. The lowest BCUT2D eigenvalue weighted by Crippen LogP contribution is -2.20. The fraction of sp³-hybridized carbons (Fsp3) is 0.136. The van der Waals surface area contributed by atoms with Crippen LogP contribution >= 0.6 is 0 Å². The van der Waals surface area contributed by atoms with Gasteiger partial charge < -0.3 is 9.88 Å². The first-order chi connectivity index (χ1) is 13.8. The highest BCUT2D eigenvalue weighted by atomic mass is 19.4. The largest absolute Gasteiger partial charge is 0.417 e. The molecule has 0 spiro atoms. The minimum absolute atomic E-state index is 0.290. The van der Waals surface area contributed by atoms with Gasteiger partial charge in [0.25, 0.3) is 5.91 Å². The van der Waals surface area contributed by atoms with Gasteiger partial charge in [0, 0.05) is 34.0 Å². The van der Waals surface area contributed by atoms with Crippen LogP contribution in [0.2, 0.25) is 0 Å². The average Bonchev–Trinajstić information content (AvgIpc) is 3.00. The Bertz CT molecular complexity index is 1240. The molecule has 4 rings (SSSR count). The first kappa shape index (κ1) is 19.0. The van der Waals surface area contributed by atoms with Crippen LogP contribution in [0, 0.1) is 5.82 Å². The number of aromatic nitrogens is 1. The lowest BCUT2D eigenvalue weighted by Gasteiger charge is -2.13. The Hall–Kier alpha value is -3.35. The van der Waals surface area contributed by atoms with Crippen molar-refractivity contribution in [2.75, 3.05) is 5.32 Å². The zero-order valence-electron chi connectivity index (χ0n) is 15.3. The van der Waals surface area contributed by atoms with Crippen LogP contribution in [0.5, 0.6) is 0 Å². The third-order valence-corrected chi connectivity index (χ3v) is 4.89. The molecular formula is C22H16F4N2O. The molecule has 0 atom stereocenters. The van der Waals surface area contributed by atoms with Gasteiger partial charge >= 0.3 is 6.18 Å². The first-order valence-corrected chi connectivity index (χ1v) is 8.99. The van der Waals surface area contributed by atoms with Gasteiger partial charge in [-0.1, -0.05) is 24.3 Å². The number of nitrogens with one attached hydrogen (secondary N) is 1. The number of hydrogen-bond acceptors (Lipinski definition) is 1. The number of alkyl halides is 3. The summed E-state index contributed by atoms with van der Waals surface area (Å²) in [5, 5.41) is 4.22. The molecule has 0 aliphatic rings. The van der Waals surface area contributed by atoms with Crippen LogP contribution in [-0.4, -0.2) is 10.5 Å². The first-order valence-electron chi connectivity index (χ1n) is 8.99. The Morgan fingerprint density at radius 3 is 2.41 bits per heavy atom. The number of aryl methyl sites for hydroxylation is 1. The Balaban J connectivity index is 1.78. The summed E-state index contributed by atoms with van der Waals surface area (Å²) < 4.78 is 55.8. The summed E-state index contributed by atoms with van der Waals surface area (Å²) in [6, 6.07) is 15.3. The van der Waals surface area contributed by atoms with Crippen molar-refractivity contribution in [2.24, 2.45) is 0 Å². The van der Waals surface area contributed by atoms with Gasteiger partial charge in [-0.3, -0.25) is 4.79 Å². The van der Waals surface area contributed by atoms with Crippen molar-refractivity contribution in [3.63, 3.8) is 0 Å². The number of para-hydroxylation sites is 1. The number of hydrogen-bond donors (Lipinski definition) is 1. The van der Waals surface area contributed by atoms with E-state index >= 15 is 0 Å². The van der Waals surface area contributed by atoms with E-state index in [0.29, 0.717) is 6.07 Å². The van der Waals surface area contributed by atoms with Crippen LogP contribution in [0.4, 0.5) is 23.2 Å². The minimum Gasteiger partial charge on any atom is -0.341 e. The van der Waals surface area contributed by atoms with E-state index in [1.165, 1.54) is 0 Å². The van der Waals surface area contributed by atoms with E-state index in [-0.39, 0.29) is 5.69 Å². The highest BCUT2D eigenvalue weighted by Gasteiger charge is 2.36. The summed E-state index contributed by atoms with van der Waals surface area (Å²) in [6.45, 7) is 2.75. The third kappa shape index (κ3) is 3.22. The molecule has 0 saturated heterocycles. The van der Waals surface area contributed by atoms with Crippen LogP contribution in [-0.2, 0) is 12.7 Å². The SMILES string of the molecule is CCn1c2ccccc2c2cc(NC(=O)c3c(F)cccc3C(F)(F)F)ccc21. The summed E-state index contributed by atoms with van der Waals surface area (Å²) in [4.78, 5) is 12.5. The molecule has 7 heteroatoms. The number of halogens is 4. The van der Waals surface area contributed by atoms with Gasteiger partial charge in [0.15, 0.2) is 0 Å². The van der Waals surface area contributed by atoms with Crippen molar-refractivity contribution in [1.82, 2.24) is 4.57 Å². The zero-order valence-corrected chi connectivity index (χ0v) is 15.3. The number of amides is 1. The van der Waals surface area contributed by atoms with Crippen LogP contribution in [0.1, 0.15) is 22.8 Å². The topological polar surface area (TPSA) is 34.0 Å². The average molecular weight is 400 g/mol. The second-order valence-electron chi connectivity index (χ2n) is 6.61. The second-order valence-corrected chi connectivity index (χ2v) is 6.61. The van der Waals surface area contributed by atoms with Crippen molar-refractivity contribution in [3.8, 4) is 0 Å². The monoisotopic (exact) mass is 400 g/mol. The normalized spacial score (nSPS) is 11.9. The van der Waals surface area contributed by atoms with E-state index < -0.39 is 29.0 Å². The van der Waals surface area contributed by atoms with E-state index in [1.807, 2.05) is 31.2 Å². The lowest BCUT2D eigenvalue weighted by atomic mass is 10.1. The maximum absolute atomic E-state index is 14.1. The number of rotatable bonds is 3. The van der Waals surface area contributed by atoms with Gasteiger partial charge in [-0.25, -0.2) is 4.39 Å². The molecule has 1 N–H and O–H groups in total. The highest BCUT2D eigenvalue weighted by Crippen LogP contribution is 2.34. The summed E-state index contributed by atoms with van der Waals surface area (Å²) in [5.74, 6) is -2.37. The maximum atomic E-state index is 14.1. The maximum Gasteiger partial charge on any atom is 0.417 e. The number of carbonyl (C=O) groups excluding carboxylic acids is 1. The van der Waals surface area contributed by atoms with E-state index in [0.717, 1.165) is 40.5 Å². The molecule has 0 aliphatic carbocycles. The molecular weight excluding hydrogens is 384 g/mol. The molecule has 0 unspecified atom stereocenters. The number of anilines is 1. The molecule has 4 aromatic rings. The molecule has 0 radical (unpaired) electrons. The van der Waals surface area contributed by atoms with Gasteiger partial charge in [0.1, 0.15) is 5.82 Å². The molecule has 0 aliphatic heterocycles. The van der Waals surface area contributed by atoms with Crippen LogP contribution in [0.3, 0.4) is 0 Å². The predicted octanol–water partition coefficient (Wildman–Crippen LogP) is 6.22.